The Labute approximate surface area is 93.7 Å². The summed E-state index contributed by atoms with van der Waals surface area (Å²) in [5, 5.41) is 0. The van der Waals surface area contributed by atoms with E-state index < -0.39 is 0 Å². The van der Waals surface area contributed by atoms with Gasteiger partial charge in [-0.15, -0.1) is 0 Å². The second kappa shape index (κ2) is 4.53. The molecule has 0 spiro atoms. The Balaban J connectivity index is 2.34. The van der Waals surface area contributed by atoms with E-state index in [1.807, 2.05) is 37.3 Å². The van der Waals surface area contributed by atoms with Crippen molar-refractivity contribution in [3.05, 3.63) is 41.8 Å². The second-order valence-electron chi connectivity index (χ2n) is 3.33. The molecule has 3 heteroatoms. The van der Waals surface area contributed by atoms with Crippen LogP contribution in [0.2, 0.25) is 0 Å². The molecule has 0 saturated carbocycles. The molecule has 2 aromatic rings. The summed E-state index contributed by atoms with van der Waals surface area (Å²) in [5.74, 6) is 2.57. The minimum absolute atomic E-state index is 0.720. The van der Waals surface area contributed by atoms with E-state index >= 15 is 0 Å². The summed E-state index contributed by atoms with van der Waals surface area (Å²) in [7, 11) is 0. The van der Waals surface area contributed by atoms with Gasteiger partial charge in [-0.3, -0.25) is 0 Å². The minimum Gasteiger partial charge on any atom is -0.440 e. The van der Waals surface area contributed by atoms with Crippen LogP contribution in [0.3, 0.4) is 0 Å². The molecule has 0 amide bonds. The number of hydrogen-bond donors (Lipinski definition) is 0. The highest BCUT2D eigenvalue weighted by atomic mass is 32.2. The first-order valence-electron chi connectivity index (χ1n) is 4.82. The fraction of sp³-hybridized carbons (Fsp3) is 0.250. The lowest BCUT2D eigenvalue weighted by Gasteiger charge is -1.93. The number of oxazole rings is 1. The number of aromatic nitrogens is 1. The largest absolute Gasteiger partial charge is 0.440 e. The van der Waals surface area contributed by atoms with Gasteiger partial charge in [-0.2, -0.15) is 11.8 Å². The van der Waals surface area contributed by atoms with E-state index in [0.29, 0.717) is 0 Å². The Hall–Kier alpha value is -1.22. The van der Waals surface area contributed by atoms with E-state index in [0.717, 1.165) is 28.7 Å². The Morgan fingerprint density at radius 1 is 1.27 bits per heavy atom. The minimum atomic E-state index is 0.720. The standard InChI is InChI=1S/C12H13NOS/c1-9-11(8-15-2)14-12(13-9)10-6-4-3-5-7-10/h3-7H,8H2,1-2H3. The topological polar surface area (TPSA) is 26.0 Å². The van der Waals surface area contributed by atoms with Crippen molar-refractivity contribution in [1.29, 1.82) is 0 Å². The molecule has 78 valence electrons. The van der Waals surface area contributed by atoms with Gasteiger partial charge in [-0.25, -0.2) is 4.98 Å². The van der Waals surface area contributed by atoms with E-state index in [1.165, 1.54) is 0 Å². The first kappa shape index (κ1) is 10.3. The van der Waals surface area contributed by atoms with Gasteiger partial charge in [0.1, 0.15) is 5.76 Å². The number of benzene rings is 1. The van der Waals surface area contributed by atoms with Crippen LogP contribution in [0.25, 0.3) is 11.5 Å². The zero-order valence-electron chi connectivity index (χ0n) is 8.86. The average Bonchev–Trinajstić information content (AvgIpc) is 2.63. The quantitative estimate of drug-likeness (QED) is 0.790. The molecule has 0 aliphatic heterocycles. The number of hydrogen-bond acceptors (Lipinski definition) is 3. The summed E-state index contributed by atoms with van der Waals surface area (Å²) >= 11 is 1.74. The van der Waals surface area contributed by atoms with Gasteiger partial charge < -0.3 is 4.42 Å². The third-order valence-corrected chi connectivity index (χ3v) is 2.74. The molecule has 1 aromatic heterocycles. The van der Waals surface area contributed by atoms with Crippen molar-refractivity contribution in [1.82, 2.24) is 4.98 Å². The highest BCUT2D eigenvalue weighted by molar-refractivity contribution is 7.97. The van der Waals surface area contributed by atoms with Gasteiger partial charge in [0.25, 0.3) is 0 Å². The molecule has 0 saturated heterocycles. The molecule has 0 fully saturated rings. The first-order valence-corrected chi connectivity index (χ1v) is 6.21. The van der Waals surface area contributed by atoms with Crippen LogP contribution in [-0.2, 0) is 5.75 Å². The number of aryl methyl sites for hydroxylation is 1. The smallest absolute Gasteiger partial charge is 0.226 e. The van der Waals surface area contributed by atoms with Crippen LogP contribution in [0.1, 0.15) is 11.5 Å². The fourth-order valence-corrected chi connectivity index (χ4v) is 1.93. The van der Waals surface area contributed by atoms with E-state index in [4.69, 9.17) is 4.42 Å². The molecule has 0 atom stereocenters. The summed E-state index contributed by atoms with van der Waals surface area (Å²) in [6.07, 6.45) is 2.06. The van der Waals surface area contributed by atoms with E-state index in [9.17, 15) is 0 Å². The van der Waals surface area contributed by atoms with Crippen LogP contribution >= 0.6 is 11.8 Å². The molecule has 1 aromatic carbocycles. The van der Waals surface area contributed by atoms with Gasteiger partial charge in [-0.05, 0) is 25.3 Å². The van der Waals surface area contributed by atoms with Crippen LogP contribution < -0.4 is 0 Å². The van der Waals surface area contributed by atoms with Crippen molar-refractivity contribution in [2.45, 2.75) is 12.7 Å². The van der Waals surface area contributed by atoms with Crippen molar-refractivity contribution in [2.75, 3.05) is 6.26 Å². The van der Waals surface area contributed by atoms with Gasteiger partial charge in [0.2, 0.25) is 5.89 Å². The Morgan fingerprint density at radius 3 is 2.67 bits per heavy atom. The Morgan fingerprint density at radius 2 is 2.00 bits per heavy atom. The third kappa shape index (κ3) is 2.23. The summed E-state index contributed by atoms with van der Waals surface area (Å²) in [6.45, 7) is 1.99. The molecule has 0 radical (unpaired) electrons. The van der Waals surface area contributed by atoms with E-state index in [2.05, 4.69) is 11.2 Å². The lowest BCUT2D eigenvalue weighted by atomic mass is 10.2. The van der Waals surface area contributed by atoms with Crippen LogP contribution in [0.4, 0.5) is 0 Å². The highest BCUT2D eigenvalue weighted by Crippen LogP contribution is 2.23. The van der Waals surface area contributed by atoms with Crippen LogP contribution in [0.5, 0.6) is 0 Å². The zero-order valence-corrected chi connectivity index (χ0v) is 9.67. The molecule has 1 heterocycles. The van der Waals surface area contributed by atoms with Gasteiger partial charge in [0.05, 0.1) is 11.4 Å². The van der Waals surface area contributed by atoms with Crippen molar-refractivity contribution in [2.24, 2.45) is 0 Å². The maximum absolute atomic E-state index is 5.71. The summed E-state index contributed by atoms with van der Waals surface area (Å²) < 4.78 is 5.71. The lowest BCUT2D eigenvalue weighted by Crippen LogP contribution is -1.79. The van der Waals surface area contributed by atoms with Gasteiger partial charge >= 0.3 is 0 Å². The van der Waals surface area contributed by atoms with Crippen molar-refractivity contribution in [3.63, 3.8) is 0 Å². The lowest BCUT2D eigenvalue weighted by molar-refractivity contribution is 0.537. The maximum Gasteiger partial charge on any atom is 0.226 e. The normalized spacial score (nSPS) is 10.5. The van der Waals surface area contributed by atoms with Crippen LogP contribution in [0, 0.1) is 6.92 Å². The van der Waals surface area contributed by atoms with Crippen molar-refractivity contribution in [3.8, 4) is 11.5 Å². The summed E-state index contributed by atoms with van der Waals surface area (Å²) in [5.41, 5.74) is 2.02. The number of rotatable bonds is 3. The maximum atomic E-state index is 5.71. The molecule has 0 aliphatic rings. The average molecular weight is 219 g/mol. The second-order valence-corrected chi connectivity index (χ2v) is 4.19. The molecule has 0 bridgehead atoms. The van der Waals surface area contributed by atoms with Crippen molar-refractivity contribution < 1.29 is 4.42 Å². The molecule has 2 nitrogen and oxygen atoms in total. The van der Waals surface area contributed by atoms with Gasteiger partial charge in [0, 0.05) is 5.56 Å². The van der Waals surface area contributed by atoms with E-state index in [1.54, 1.807) is 11.8 Å². The Kier molecular flexibility index (Phi) is 3.11. The molecule has 0 unspecified atom stereocenters. The van der Waals surface area contributed by atoms with Crippen molar-refractivity contribution >= 4 is 11.8 Å². The highest BCUT2D eigenvalue weighted by Gasteiger charge is 2.09. The molecular formula is C12H13NOS. The molecular weight excluding hydrogens is 206 g/mol. The zero-order chi connectivity index (χ0) is 10.7. The summed E-state index contributed by atoms with van der Waals surface area (Å²) in [6, 6.07) is 9.98. The number of nitrogens with zero attached hydrogens (tertiary/aromatic N) is 1. The SMILES string of the molecule is CSCc1oc(-c2ccccc2)nc1C. The molecule has 2 rings (SSSR count). The first-order chi connectivity index (χ1) is 7.31. The predicted molar refractivity (Wildman–Crippen MR) is 63.9 cm³/mol. The number of thioether (sulfide) groups is 1. The summed E-state index contributed by atoms with van der Waals surface area (Å²) in [4.78, 5) is 4.42. The fourth-order valence-electron chi connectivity index (χ4n) is 1.40. The third-order valence-electron chi connectivity index (χ3n) is 2.19. The Bertz CT molecular complexity index is 436. The molecule has 15 heavy (non-hydrogen) atoms. The van der Waals surface area contributed by atoms with E-state index in [-0.39, 0.29) is 0 Å². The monoisotopic (exact) mass is 219 g/mol. The van der Waals surface area contributed by atoms with Crippen LogP contribution in [-0.4, -0.2) is 11.2 Å². The molecule has 0 N–H and O–H groups in total. The van der Waals surface area contributed by atoms with Gasteiger partial charge in [0.15, 0.2) is 0 Å². The van der Waals surface area contributed by atoms with Gasteiger partial charge in [-0.1, -0.05) is 18.2 Å². The predicted octanol–water partition coefficient (Wildman–Crippen LogP) is 3.51. The van der Waals surface area contributed by atoms with Crippen LogP contribution in [0.15, 0.2) is 34.7 Å². The molecule has 0 aliphatic carbocycles.